The van der Waals surface area contributed by atoms with Crippen molar-refractivity contribution in [2.75, 3.05) is 26.6 Å². The summed E-state index contributed by atoms with van der Waals surface area (Å²) in [7, 11) is 4.81. The zero-order chi connectivity index (χ0) is 23.4. The first kappa shape index (κ1) is 22.9. The van der Waals surface area contributed by atoms with E-state index in [-0.39, 0.29) is 5.56 Å². The van der Waals surface area contributed by atoms with Gasteiger partial charge in [0.25, 0.3) is 5.56 Å². The summed E-state index contributed by atoms with van der Waals surface area (Å²) in [4.78, 5) is 18.1. The van der Waals surface area contributed by atoms with E-state index in [2.05, 4.69) is 15.2 Å². The Morgan fingerprint density at radius 2 is 1.70 bits per heavy atom. The molecule has 174 valence electrons. The number of methoxy groups -OCH3 is 3. The van der Waals surface area contributed by atoms with Gasteiger partial charge in [-0.05, 0) is 61.5 Å². The number of benzene rings is 2. The molecule has 7 nitrogen and oxygen atoms in total. The van der Waals surface area contributed by atoms with E-state index in [1.807, 2.05) is 36.4 Å². The lowest BCUT2D eigenvalue weighted by Crippen LogP contribution is -2.42. The number of rotatable bonds is 7. The van der Waals surface area contributed by atoms with Crippen molar-refractivity contribution in [1.29, 1.82) is 0 Å². The maximum Gasteiger partial charge on any atom is 0.253 e. The highest BCUT2D eigenvalue weighted by Gasteiger charge is 2.26. The number of hydrogen-bond acceptors (Lipinski definition) is 5. The van der Waals surface area contributed by atoms with Gasteiger partial charge < -0.3 is 29.4 Å². The highest BCUT2D eigenvalue weighted by Crippen LogP contribution is 2.32. The average molecular weight is 468 g/mol. The number of nitrogens with zero attached hydrogens (tertiary/aromatic N) is 1. The summed E-state index contributed by atoms with van der Waals surface area (Å²) in [5, 5.41) is 4.82. The summed E-state index contributed by atoms with van der Waals surface area (Å²) in [6.07, 6.45) is 4.44. The van der Waals surface area contributed by atoms with E-state index in [9.17, 15) is 4.79 Å². The first-order valence-electron chi connectivity index (χ1n) is 11.0. The molecule has 0 amide bonds. The predicted octanol–water partition coefficient (Wildman–Crippen LogP) is 4.70. The van der Waals surface area contributed by atoms with Crippen molar-refractivity contribution < 1.29 is 14.2 Å². The van der Waals surface area contributed by atoms with Crippen LogP contribution in [0.1, 0.15) is 31.2 Å². The van der Waals surface area contributed by atoms with Crippen molar-refractivity contribution in [3.63, 3.8) is 0 Å². The second kappa shape index (κ2) is 10.1. The van der Waals surface area contributed by atoms with Crippen LogP contribution in [-0.4, -0.2) is 42.4 Å². The molecule has 0 spiro atoms. The van der Waals surface area contributed by atoms with Crippen molar-refractivity contribution in [1.82, 2.24) is 9.88 Å². The summed E-state index contributed by atoms with van der Waals surface area (Å²) in [5.41, 5.74) is 2.10. The van der Waals surface area contributed by atoms with Crippen molar-refractivity contribution in [3.05, 3.63) is 58.4 Å². The minimum atomic E-state index is -0.134. The van der Waals surface area contributed by atoms with E-state index >= 15 is 0 Å². The third kappa shape index (κ3) is 5.06. The molecule has 3 aromatic rings. The molecule has 2 aromatic carbocycles. The molecule has 1 aliphatic rings. The van der Waals surface area contributed by atoms with Crippen molar-refractivity contribution in [3.8, 4) is 17.2 Å². The molecular formula is C25H29N3O4S. The SMILES string of the molecule is COc1ccc(NC(=S)N(Cc2cc3cc(OC)c(OC)cc3[nH]c2=O)C2CCCC2)cc1. The zero-order valence-corrected chi connectivity index (χ0v) is 20.0. The number of thiocarbonyl (C=S) groups is 1. The number of aromatic amines is 1. The maximum atomic E-state index is 13.0. The highest BCUT2D eigenvalue weighted by molar-refractivity contribution is 7.80. The lowest BCUT2D eigenvalue weighted by molar-refractivity contribution is 0.311. The number of fused-ring (bicyclic) bond motifs is 1. The monoisotopic (exact) mass is 467 g/mol. The minimum absolute atomic E-state index is 0.134. The number of pyridine rings is 1. The van der Waals surface area contributed by atoms with Crippen molar-refractivity contribution in [2.45, 2.75) is 38.3 Å². The first-order valence-corrected chi connectivity index (χ1v) is 11.4. The number of ether oxygens (including phenoxy) is 3. The Hall–Kier alpha value is -3.26. The van der Waals surface area contributed by atoms with Crippen molar-refractivity contribution in [2.24, 2.45) is 0 Å². The van der Waals surface area contributed by atoms with Crippen LogP contribution in [0.15, 0.2) is 47.3 Å². The largest absolute Gasteiger partial charge is 0.497 e. The van der Waals surface area contributed by atoms with E-state index in [0.29, 0.717) is 40.3 Å². The Kier molecular flexibility index (Phi) is 7.03. The van der Waals surface area contributed by atoms with Crippen LogP contribution in [0.2, 0.25) is 0 Å². The van der Waals surface area contributed by atoms with E-state index in [1.54, 1.807) is 27.4 Å². The number of nitrogens with one attached hydrogen (secondary N) is 2. The smallest absolute Gasteiger partial charge is 0.253 e. The van der Waals surface area contributed by atoms with Crippen LogP contribution in [0.25, 0.3) is 10.9 Å². The van der Waals surface area contributed by atoms with Crippen LogP contribution >= 0.6 is 12.2 Å². The number of hydrogen-bond donors (Lipinski definition) is 2. The average Bonchev–Trinajstić information content (AvgIpc) is 3.36. The fourth-order valence-electron chi connectivity index (χ4n) is 4.33. The Balaban J connectivity index is 1.63. The third-order valence-corrected chi connectivity index (χ3v) is 6.47. The molecule has 0 aliphatic heterocycles. The van der Waals surface area contributed by atoms with Gasteiger partial charge in [0.15, 0.2) is 16.6 Å². The molecule has 0 unspecified atom stereocenters. The molecular weight excluding hydrogens is 438 g/mol. The van der Waals surface area contributed by atoms with E-state index in [4.69, 9.17) is 26.4 Å². The minimum Gasteiger partial charge on any atom is -0.497 e. The second-order valence-corrected chi connectivity index (χ2v) is 8.53. The van der Waals surface area contributed by atoms with Gasteiger partial charge in [-0.3, -0.25) is 4.79 Å². The van der Waals surface area contributed by atoms with E-state index < -0.39 is 0 Å². The van der Waals surface area contributed by atoms with Gasteiger partial charge in [0.2, 0.25) is 0 Å². The van der Waals surface area contributed by atoms with Gasteiger partial charge in [0.05, 0.1) is 33.4 Å². The molecule has 8 heteroatoms. The van der Waals surface area contributed by atoms with Gasteiger partial charge in [0, 0.05) is 28.7 Å². The van der Waals surface area contributed by atoms with Gasteiger partial charge >= 0.3 is 0 Å². The Morgan fingerprint density at radius 3 is 2.33 bits per heavy atom. The third-order valence-electron chi connectivity index (χ3n) is 6.13. The zero-order valence-electron chi connectivity index (χ0n) is 19.1. The summed E-state index contributed by atoms with van der Waals surface area (Å²) in [5.74, 6) is 1.98. The van der Waals surface area contributed by atoms with Crippen LogP contribution in [0, 0.1) is 0 Å². The topological polar surface area (TPSA) is 75.8 Å². The van der Waals surface area contributed by atoms with E-state index in [1.165, 1.54) is 0 Å². The normalized spacial score (nSPS) is 13.7. The maximum absolute atomic E-state index is 13.0. The van der Waals surface area contributed by atoms with Gasteiger partial charge in [-0.2, -0.15) is 0 Å². The fourth-order valence-corrected chi connectivity index (χ4v) is 4.66. The molecule has 1 aromatic heterocycles. The first-order chi connectivity index (χ1) is 16.0. The van der Waals surface area contributed by atoms with Crippen molar-refractivity contribution >= 4 is 33.9 Å². The number of aromatic nitrogens is 1. The summed E-state index contributed by atoms with van der Waals surface area (Å²) >= 11 is 5.80. The predicted molar refractivity (Wildman–Crippen MR) is 135 cm³/mol. The van der Waals surface area contributed by atoms with Gasteiger partial charge in [-0.1, -0.05) is 12.8 Å². The van der Waals surface area contributed by atoms with Gasteiger partial charge in [0.1, 0.15) is 5.75 Å². The molecule has 0 atom stereocenters. The lowest BCUT2D eigenvalue weighted by atomic mass is 10.1. The molecule has 0 saturated heterocycles. The van der Waals surface area contributed by atoms with Crippen LogP contribution < -0.4 is 25.1 Å². The molecule has 0 bridgehead atoms. The Morgan fingerprint density at radius 1 is 1.03 bits per heavy atom. The lowest BCUT2D eigenvalue weighted by Gasteiger charge is -2.31. The van der Waals surface area contributed by atoms with E-state index in [0.717, 1.165) is 42.5 Å². The van der Waals surface area contributed by atoms with Crippen LogP contribution in [0.5, 0.6) is 17.2 Å². The van der Waals surface area contributed by atoms with Crippen LogP contribution in [-0.2, 0) is 6.54 Å². The number of H-pyrrole nitrogens is 1. The molecule has 1 heterocycles. The van der Waals surface area contributed by atoms with Gasteiger partial charge in [-0.15, -0.1) is 0 Å². The fraction of sp³-hybridized carbons (Fsp3) is 0.360. The highest BCUT2D eigenvalue weighted by atomic mass is 32.1. The molecule has 1 fully saturated rings. The molecule has 1 saturated carbocycles. The van der Waals surface area contributed by atoms with Crippen LogP contribution in [0.4, 0.5) is 5.69 Å². The second-order valence-electron chi connectivity index (χ2n) is 8.14. The van der Waals surface area contributed by atoms with Crippen LogP contribution in [0.3, 0.4) is 0 Å². The summed E-state index contributed by atoms with van der Waals surface area (Å²) in [6, 6.07) is 13.5. The van der Waals surface area contributed by atoms with Gasteiger partial charge in [-0.25, -0.2) is 0 Å². The Bertz CT molecular complexity index is 1190. The molecule has 0 radical (unpaired) electrons. The summed E-state index contributed by atoms with van der Waals surface area (Å²) < 4.78 is 16.0. The summed E-state index contributed by atoms with van der Waals surface area (Å²) in [6.45, 7) is 0.423. The molecule has 33 heavy (non-hydrogen) atoms. The quantitative estimate of drug-likeness (QED) is 0.488. The standard InChI is InChI=1S/C25H29N3O4S/c1-30-20-10-8-18(9-11-20)26-25(33)28(19-6-4-5-7-19)15-17-12-16-13-22(31-2)23(32-3)14-21(16)27-24(17)29/h8-14,19H,4-7,15H2,1-3H3,(H,26,33)(H,27,29). The molecule has 1 aliphatic carbocycles. The Labute approximate surface area is 198 Å². The number of anilines is 1. The molecule has 4 rings (SSSR count). The molecule has 2 N–H and O–H groups in total.